The van der Waals surface area contributed by atoms with E-state index in [1.54, 1.807) is 42.6 Å². The molecule has 0 spiro atoms. The average Bonchev–Trinajstić information content (AvgIpc) is 3.11. The third-order valence-electron chi connectivity index (χ3n) is 3.60. The lowest BCUT2D eigenvalue weighted by atomic mass is 10.3. The van der Waals surface area contributed by atoms with Gasteiger partial charge in [0, 0.05) is 32.1 Å². The zero-order chi connectivity index (χ0) is 17.4. The Morgan fingerprint density at radius 1 is 1.21 bits per heavy atom. The molecule has 2 rings (SSSR count). The number of rotatable bonds is 7. The van der Waals surface area contributed by atoms with Crippen molar-refractivity contribution in [3.05, 3.63) is 52.7 Å². The Kier molecular flexibility index (Phi) is 6.81. The molecule has 1 aromatic heterocycles. The molecular formula is C17H23N3O2S2. The van der Waals surface area contributed by atoms with Gasteiger partial charge in [0.2, 0.25) is 0 Å². The minimum absolute atomic E-state index is 0.0365. The van der Waals surface area contributed by atoms with E-state index in [0.717, 1.165) is 13.0 Å². The van der Waals surface area contributed by atoms with Gasteiger partial charge in [0.25, 0.3) is 0 Å². The zero-order valence-corrected chi connectivity index (χ0v) is 15.6. The van der Waals surface area contributed by atoms with Crippen LogP contribution in [0.3, 0.4) is 0 Å². The maximum absolute atomic E-state index is 12.3. The second-order valence-corrected chi connectivity index (χ2v) is 8.50. The molecule has 0 saturated carbocycles. The van der Waals surface area contributed by atoms with Crippen LogP contribution in [0.5, 0.6) is 0 Å². The van der Waals surface area contributed by atoms with Crippen LogP contribution in [0.25, 0.3) is 0 Å². The van der Waals surface area contributed by atoms with Gasteiger partial charge in [0.05, 0.1) is 10.6 Å². The van der Waals surface area contributed by atoms with Crippen molar-refractivity contribution >= 4 is 27.1 Å². The van der Waals surface area contributed by atoms with E-state index in [9.17, 15) is 8.42 Å². The quantitative estimate of drug-likeness (QED) is 0.604. The lowest BCUT2D eigenvalue weighted by molar-refractivity contribution is 0.488. The molecule has 2 aromatic rings. The monoisotopic (exact) mass is 365 g/mol. The highest BCUT2D eigenvalue weighted by molar-refractivity contribution is 7.91. The van der Waals surface area contributed by atoms with Crippen LogP contribution in [-0.4, -0.2) is 52.2 Å². The Morgan fingerprint density at radius 3 is 2.58 bits per heavy atom. The number of nitrogens with zero attached hydrogens (tertiary/aromatic N) is 2. The molecule has 0 saturated heterocycles. The molecule has 1 heterocycles. The lowest BCUT2D eigenvalue weighted by Crippen LogP contribution is -2.41. The molecule has 0 aliphatic rings. The Balaban J connectivity index is 1.83. The normalized spacial score (nSPS) is 12.2. The summed E-state index contributed by atoms with van der Waals surface area (Å²) >= 11 is 1.74. The first-order chi connectivity index (χ1) is 11.5. The van der Waals surface area contributed by atoms with Gasteiger partial charge in [-0.3, -0.25) is 4.99 Å². The molecule has 0 aliphatic carbocycles. The third-order valence-corrected chi connectivity index (χ3v) is 6.27. The van der Waals surface area contributed by atoms with Crippen LogP contribution in [0.4, 0.5) is 0 Å². The highest BCUT2D eigenvalue weighted by Gasteiger charge is 2.14. The second-order valence-electron chi connectivity index (χ2n) is 5.36. The Morgan fingerprint density at radius 2 is 1.96 bits per heavy atom. The summed E-state index contributed by atoms with van der Waals surface area (Å²) in [4.78, 5) is 7.91. The van der Waals surface area contributed by atoms with Gasteiger partial charge in [0.1, 0.15) is 0 Å². The minimum atomic E-state index is -3.27. The Labute approximate surface area is 148 Å². The molecule has 7 heteroatoms. The standard InChI is InChI=1S/C17H23N3O2S2/c1-18-17(20(2)12-10-15-7-6-13-23-15)19-11-14-24(21,22)16-8-4-3-5-9-16/h3-9,13H,10-12,14H2,1-2H3,(H,18,19). The van der Waals surface area contributed by atoms with Crippen LogP contribution in [0, 0.1) is 0 Å². The van der Waals surface area contributed by atoms with Crippen molar-refractivity contribution in [1.29, 1.82) is 0 Å². The SMILES string of the molecule is CN=C(NCCS(=O)(=O)c1ccccc1)N(C)CCc1cccs1. The van der Waals surface area contributed by atoms with Gasteiger partial charge in [-0.05, 0) is 30.0 Å². The van der Waals surface area contributed by atoms with Crippen LogP contribution in [0.2, 0.25) is 0 Å². The van der Waals surface area contributed by atoms with Crippen molar-refractivity contribution in [2.75, 3.05) is 32.9 Å². The number of hydrogen-bond donors (Lipinski definition) is 1. The Bertz CT molecular complexity index is 741. The van der Waals surface area contributed by atoms with Crippen LogP contribution >= 0.6 is 11.3 Å². The van der Waals surface area contributed by atoms with E-state index < -0.39 is 9.84 Å². The van der Waals surface area contributed by atoms with E-state index in [1.165, 1.54) is 4.88 Å². The van der Waals surface area contributed by atoms with E-state index in [1.807, 2.05) is 24.1 Å². The van der Waals surface area contributed by atoms with Gasteiger partial charge < -0.3 is 10.2 Å². The van der Waals surface area contributed by atoms with Crippen molar-refractivity contribution in [2.45, 2.75) is 11.3 Å². The summed E-state index contributed by atoms with van der Waals surface area (Å²) < 4.78 is 24.5. The predicted octanol–water partition coefficient (Wildman–Crippen LogP) is 2.27. The summed E-state index contributed by atoms with van der Waals surface area (Å²) in [7, 11) is 0.385. The van der Waals surface area contributed by atoms with Crippen molar-refractivity contribution in [1.82, 2.24) is 10.2 Å². The molecule has 24 heavy (non-hydrogen) atoms. The lowest BCUT2D eigenvalue weighted by Gasteiger charge is -2.21. The summed E-state index contributed by atoms with van der Waals surface area (Å²) in [6.45, 7) is 1.15. The first-order valence-corrected chi connectivity index (χ1v) is 10.3. The molecule has 0 unspecified atom stereocenters. The van der Waals surface area contributed by atoms with Crippen molar-refractivity contribution in [3.63, 3.8) is 0 Å². The number of aliphatic imine (C=N–C) groups is 1. The maximum atomic E-state index is 12.3. The number of thiophene rings is 1. The summed E-state index contributed by atoms with van der Waals surface area (Å²) in [5.41, 5.74) is 0. The van der Waals surface area contributed by atoms with E-state index >= 15 is 0 Å². The molecule has 0 radical (unpaired) electrons. The summed E-state index contributed by atoms with van der Waals surface area (Å²) in [5.74, 6) is 0.740. The summed E-state index contributed by atoms with van der Waals surface area (Å²) in [6.07, 6.45) is 0.942. The average molecular weight is 366 g/mol. The fourth-order valence-electron chi connectivity index (χ4n) is 2.27. The first kappa shape index (κ1) is 18.5. The molecule has 130 valence electrons. The summed E-state index contributed by atoms with van der Waals surface area (Å²) in [5, 5.41) is 5.19. The van der Waals surface area contributed by atoms with Gasteiger partial charge in [-0.2, -0.15) is 0 Å². The van der Waals surface area contributed by atoms with Crippen molar-refractivity contribution < 1.29 is 8.42 Å². The van der Waals surface area contributed by atoms with Gasteiger partial charge in [-0.25, -0.2) is 8.42 Å². The van der Waals surface area contributed by atoms with Gasteiger partial charge >= 0.3 is 0 Å². The molecule has 0 aliphatic heterocycles. The van der Waals surface area contributed by atoms with Gasteiger partial charge in [-0.15, -0.1) is 11.3 Å². The van der Waals surface area contributed by atoms with Crippen molar-refractivity contribution in [2.24, 2.45) is 4.99 Å². The van der Waals surface area contributed by atoms with E-state index in [4.69, 9.17) is 0 Å². The summed E-state index contributed by atoms with van der Waals surface area (Å²) in [6, 6.07) is 12.7. The fourth-order valence-corrected chi connectivity index (χ4v) is 4.14. The van der Waals surface area contributed by atoms with E-state index in [-0.39, 0.29) is 5.75 Å². The highest BCUT2D eigenvalue weighted by Crippen LogP contribution is 2.10. The van der Waals surface area contributed by atoms with Gasteiger partial charge in [0.15, 0.2) is 15.8 Å². The fraction of sp³-hybridized carbons (Fsp3) is 0.353. The molecule has 0 fully saturated rings. The molecule has 1 N–H and O–H groups in total. The molecule has 5 nitrogen and oxygen atoms in total. The minimum Gasteiger partial charge on any atom is -0.355 e. The first-order valence-electron chi connectivity index (χ1n) is 7.75. The zero-order valence-electron chi connectivity index (χ0n) is 14.0. The van der Waals surface area contributed by atoms with Crippen LogP contribution in [0.15, 0.2) is 57.7 Å². The highest BCUT2D eigenvalue weighted by atomic mass is 32.2. The van der Waals surface area contributed by atoms with Crippen LogP contribution < -0.4 is 5.32 Å². The Hall–Kier alpha value is -1.86. The van der Waals surface area contributed by atoms with Crippen LogP contribution in [0.1, 0.15) is 4.88 Å². The molecular weight excluding hydrogens is 342 g/mol. The third kappa shape index (κ3) is 5.35. The molecule has 0 amide bonds. The molecule has 0 bridgehead atoms. The largest absolute Gasteiger partial charge is 0.355 e. The van der Waals surface area contributed by atoms with Crippen molar-refractivity contribution in [3.8, 4) is 0 Å². The number of likely N-dealkylation sites (N-methyl/N-ethyl adjacent to an activating group) is 1. The second kappa shape index (κ2) is 8.84. The number of benzene rings is 1. The number of nitrogens with one attached hydrogen (secondary N) is 1. The number of hydrogen-bond acceptors (Lipinski definition) is 4. The predicted molar refractivity (Wildman–Crippen MR) is 101 cm³/mol. The number of guanidine groups is 1. The number of sulfone groups is 1. The topological polar surface area (TPSA) is 61.8 Å². The van der Waals surface area contributed by atoms with E-state index in [2.05, 4.69) is 21.8 Å². The van der Waals surface area contributed by atoms with Gasteiger partial charge in [-0.1, -0.05) is 24.3 Å². The maximum Gasteiger partial charge on any atom is 0.193 e. The molecule has 0 atom stereocenters. The van der Waals surface area contributed by atoms with Crippen LogP contribution in [-0.2, 0) is 16.3 Å². The molecule has 1 aromatic carbocycles. The van der Waals surface area contributed by atoms with E-state index in [0.29, 0.717) is 17.4 Å². The smallest absolute Gasteiger partial charge is 0.193 e.